The molecule has 4 heterocycles. The summed E-state index contributed by atoms with van der Waals surface area (Å²) in [5, 5.41) is 22.1. The predicted octanol–water partition coefficient (Wildman–Crippen LogP) is 16.0. The molecule has 0 unspecified atom stereocenters. The number of pyridine rings is 2. The topological polar surface area (TPSA) is 161 Å². The number of imidazole rings is 2. The average Bonchev–Trinajstić information content (AvgIpc) is 4.15. The standard InChI is InChI=1S/C31H45N5O2Si.C22H33ClN4OSi.C9H13NO/c1-22(38-39(7,8)31(2,3)4)30-34-27-20-33-29(35(5)21-24-11-15-26(37-6)16-12-24)19-28(27)36(30)25-13-9-23(10-14-25)17-18-32;1-15(28-29(5,6)22(2,3)4)21-26-18-14-25-20(23)13-19(18)27(21)17-9-7-16(8-10-17)11-12-24;1-10-7-8-3-5-9(11-2)6-4-8/h11-12,15-16,19-20,22-23,25H,9-10,13-14,17,21H2,1-8H3;13-17H,7-11H2,1-6H3;3-6,10H,7H2,1-2H3/t22-,23?,25?;15-,16?,17?;/m11./s1. The van der Waals surface area contributed by atoms with Gasteiger partial charge in [0.25, 0.3) is 0 Å². The van der Waals surface area contributed by atoms with Crippen molar-refractivity contribution in [2.24, 2.45) is 11.8 Å². The van der Waals surface area contributed by atoms with Crippen LogP contribution < -0.4 is 19.7 Å². The Hall–Kier alpha value is -5.34. The number of halogens is 1. The number of nitriles is 2. The SMILES string of the molecule is CNCc1ccc(OC)cc1.COc1ccc(CN(C)c2cc3c(cn2)nc([C@@H](C)O[Si](C)(C)C(C)(C)C)n3C2CCC(CC#N)CC2)cc1.C[C@@H](O[Si](C)(C)C(C)(C)C)c1nc2cnc(Cl)cc2n1C1CCC(CC#N)CC1. The number of aromatic nitrogens is 6. The minimum atomic E-state index is -1.99. The maximum atomic E-state index is 9.22. The van der Waals surface area contributed by atoms with Crippen molar-refractivity contribution < 1.29 is 18.3 Å². The van der Waals surface area contributed by atoms with Crippen LogP contribution in [0.15, 0.2) is 73.1 Å². The number of methoxy groups -OCH3 is 2. The van der Waals surface area contributed by atoms with Gasteiger partial charge in [0.2, 0.25) is 0 Å². The largest absolute Gasteiger partial charge is 0.497 e. The molecule has 0 spiro atoms. The van der Waals surface area contributed by atoms with Crippen molar-refractivity contribution in [3.63, 3.8) is 0 Å². The molecule has 8 rings (SSSR count). The first kappa shape index (κ1) is 62.9. The van der Waals surface area contributed by atoms with Crippen LogP contribution in [-0.2, 0) is 21.9 Å². The monoisotopic (exact) mass is 1130 g/mol. The predicted molar refractivity (Wildman–Crippen MR) is 327 cm³/mol. The number of hydrogen-bond acceptors (Lipinski definition) is 12. The van der Waals surface area contributed by atoms with Gasteiger partial charge in [-0.05, 0) is 156 Å². The van der Waals surface area contributed by atoms with Crippen LogP contribution in [0.4, 0.5) is 5.82 Å². The highest BCUT2D eigenvalue weighted by atomic mass is 35.5. The van der Waals surface area contributed by atoms with E-state index in [1.807, 2.05) is 43.6 Å². The van der Waals surface area contributed by atoms with Gasteiger partial charge >= 0.3 is 0 Å². The lowest BCUT2D eigenvalue weighted by Gasteiger charge is -2.39. The number of hydrogen-bond donors (Lipinski definition) is 1. The minimum absolute atomic E-state index is 0.0982. The third kappa shape index (κ3) is 16.2. The van der Waals surface area contributed by atoms with Gasteiger partial charge in [-0.15, -0.1) is 0 Å². The third-order valence-corrected chi connectivity index (χ3v) is 26.4. The molecule has 0 radical (unpaired) electrons. The number of fused-ring (bicyclic) bond motifs is 2. The molecule has 2 aliphatic carbocycles. The number of benzene rings is 2. The van der Waals surface area contributed by atoms with Crippen molar-refractivity contribution in [3.8, 4) is 23.6 Å². The number of anilines is 1. The first-order valence-corrected chi connectivity index (χ1v) is 34.6. The summed E-state index contributed by atoms with van der Waals surface area (Å²) in [6, 6.07) is 25.7. The van der Waals surface area contributed by atoms with Gasteiger partial charge in [-0.3, -0.25) is 0 Å². The fourth-order valence-corrected chi connectivity index (χ4v) is 13.2. The Balaban J connectivity index is 0.000000220. The number of nitrogens with zero attached hydrogens (tertiary/aromatic N) is 9. The van der Waals surface area contributed by atoms with Gasteiger partial charge in [-0.25, -0.2) is 19.9 Å². The highest BCUT2D eigenvalue weighted by Crippen LogP contribution is 2.45. The highest BCUT2D eigenvalue weighted by molar-refractivity contribution is 6.74. The zero-order chi connectivity index (χ0) is 57.9. The lowest BCUT2D eigenvalue weighted by molar-refractivity contribution is 0.180. The van der Waals surface area contributed by atoms with E-state index in [-0.39, 0.29) is 22.3 Å². The van der Waals surface area contributed by atoms with E-state index in [4.69, 9.17) is 50.1 Å². The van der Waals surface area contributed by atoms with Crippen molar-refractivity contribution in [3.05, 3.63) is 101 Å². The van der Waals surface area contributed by atoms with Gasteiger partial charge in [0.15, 0.2) is 16.6 Å². The first-order valence-electron chi connectivity index (χ1n) is 28.5. The van der Waals surface area contributed by atoms with Gasteiger partial charge in [-0.2, -0.15) is 10.5 Å². The Labute approximate surface area is 479 Å². The Morgan fingerprint density at radius 3 is 1.46 bits per heavy atom. The van der Waals surface area contributed by atoms with Crippen molar-refractivity contribution >= 4 is 56.1 Å². The second-order valence-corrected chi connectivity index (χ2v) is 34.8. The molecule has 17 heteroatoms. The zero-order valence-electron chi connectivity index (χ0n) is 50.4. The van der Waals surface area contributed by atoms with Crippen molar-refractivity contribution in [1.82, 2.24) is 34.4 Å². The molecular weight excluding hydrogens is 1040 g/mol. The molecule has 0 aliphatic heterocycles. The van der Waals surface area contributed by atoms with Crippen LogP contribution in [0, 0.1) is 34.5 Å². The molecule has 14 nitrogen and oxygen atoms in total. The Kier molecular flexibility index (Phi) is 21.8. The van der Waals surface area contributed by atoms with E-state index in [0.717, 1.165) is 115 Å². The molecule has 4 aromatic heterocycles. The number of ether oxygens (including phenoxy) is 2. The first-order chi connectivity index (χ1) is 37.3. The molecule has 0 bridgehead atoms. The summed E-state index contributed by atoms with van der Waals surface area (Å²) >= 11 is 6.24. The normalized spacial score (nSPS) is 18.8. The molecule has 2 fully saturated rings. The molecule has 1 N–H and O–H groups in total. The second kappa shape index (κ2) is 27.4. The molecule has 2 saturated carbocycles. The molecule has 2 aliphatic rings. The van der Waals surface area contributed by atoms with Gasteiger partial charge in [0.1, 0.15) is 57.4 Å². The van der Waals surface area contributed by atoms with Crippen LogP contribution in [0.3, 0.4) is 0 Å². The quantitative estimate of drug-likeness (QED) is 0.0681. The third-order valence-electron chi connectivity index (χ3n) is 17.1. The van der Waals surface area contributed by atoms with E-state index in [9.17, 15) is 5.26 Å². The molecule has 79 heavy (non-hydrogen) atoms. The van der Waals surface area contributed by atoms with Crippen molar-refractivity contribution in [2.75, 3.05) is 33.2 Å². The molecular formula is C62H91ClN10O4Si2. The summed E-state index contributed by atoms with van der Waals surface area (Å²) in [6.45, 7) is 28.7. The Bertz CT molecular complexity index is 2970. The molecule has 6 aromatic rings. The van der Waals surface area contributed by atoms with Crippen LogP contribution >= 0.6 is 11.6 Å². The van der Waals surface area contributed by atoms with E-state index in [0.29, 0.717) is 41.9 Å². The summed E-state index contributed by atoms with van der Waals surface area (Å²) in [4.78, 5) is 21.3. The van der Waals surface area contributed by atoms with E-state index < -0.39 is 16.6 Å². The minimum Gasteiger partial charge on any atom is -0.497 e. The van der Waals surface area contributed by atoms with Gasteiger partial charge < -0.3 is 37.7 Å². The summed E-state index contributed by atoms with van der Waals surface area (Å²) in [5.41, 5.74) is 6.40. The van der Waals surface area contributed by atoms with Gasteiger partial charge in [-0.1, -0.05) is 77.4 Å². The summed E-state index contributed by atoms with van der Waals surface area (Å²) in [6.07, 6.45) is 13.3. The van der Waals surface area contributed by atoms with Crippen molar-refractivity contribution in [1.29, 1.82) is 10.5 Å². The maximum absolute atomic E-state index is 9.22. The van der Waals surface area contributed by atoms with Crippen LogP contribution in [0.2, 0.25) is 41.4 Å². The van der Waals surface area contributed by atoms with Crippen LogP contribution in [0.25, 0.3) is 22.1 Å². The number of rotatable bonds is 17. The average molecular weight is 1130 g/mol. The molecule has 0 saturated heterocycles. The fourth-order valence-electron chi connectivity index (χ4n) is 10.4. The highest BCUT2D eigenvalue weighted by Gasteiger charge is 2.41. The molecule has 2 aromatic carbocycles. The number of nitrogens with one attached hydrogen (secondary N) is 1. The van der Waals surface area contributed by atoms with E-state index in [2.05, 4.69) is 155 Å². The van der Waals surface area contributed by atoms with E-state index in [1.165, 1.54) is 11.1 Å². The zero-order valence-corrected chi connectivity index (χ0v) is 53.2. The Morgan fingerprint density at radius 1 is 0.658 bits per heavy atom. The smallest absolute Gasteiger partial charge is 0.193 e. The second-order valence-electron chi connectivity index (χ2n) is 24.9. The van der Waals surface area contributed by atoms with Gasteiger partial charge in [0, 0.05) is 57.2 Å². The summed E-state index contributed by atoms with van der Waals surface area (Å²) in [7, 11) is 3.44. The van der Waals surface area contributed by atoms with E-state index >= 15 is 0 Å². The van der Waals surface area contributed by atoms with Crippen LogP contribution in [-0.4, -0.2) is 74.0 Å². The van der Waals surface area contributed by atoms with Gasteiger partial charge in [0.05, 0.1) is 49.8 Å². The fraction of sp³-hybridized carbons (Fsp3) is 0.581. The van der Waals surface area contributed by atoms with Crippen molar-refractivity contribution in [2.45, 2.75) is 193 Å². The summed E-state index contributed by atoms with van der Waals surface area (Å²) < 4.78 is 28.7. The lowest BCUT2D eigenvalue weighted by Crippen LogP contribution is -2.41. The van der Waals surface area contributed by atoms with Crippen LogP contribution in [0.1, 0.15) is 167 Å². The molecule has 0 amide bonds. The molecule has 2 atom stereocenters. The van der Waals surface area contributed by atoms with Crippen LogP contribution in [0.5, 0.6) is 11.5 Å². The Morgan fingerprint density at radius 2 is 1.06 bits per heavy atom. The van der Waals surface area contributed by atoms with E-state index in [1.54, 1.807) is 20.4 Å². The lowest BCUT2D eigenvalue weighted by atomic mass is 9.84. The maximum Gasteiger partial charge on any atom is 0.193 e. The summed E-state index contributed by atoms with van der Waals surface area (Å²) in [5.74, 6) is 5.66. The molecule has 428 valence electrons.